The fourth-order valence-corrected chi connectivity index (χ4v) is 1.67. The number of hydrogen-bond donors (Lipinski definition) is 2. The molecule has 66 valence electrons. The Morgan fingerprint density at radius 2 is 2.18 bits per heavy atom. The van der Waals surface area contributed by atoms with Crippen LogP contribution < -0.4 is 11.5 Å². The molecule has 0 aromatic heterocycles. The number of ether oxygens (including phenoxy) is 1. The third kappa shape index (κ3) is 2.77. The molecule has 3 heteroatoms. The van der Waals surface area contributed by atoms with Crippen molar-refractivity contribution >= 4 is 0 Å². The van der Waals surface area contributed by atoms with E-state index in [-0.39, 0.29) is 6.23 Å². The molecule has 11 heavy (non-hydrogen) atoms. The van der Waals surface area contributed by atoms with E-state index in [0.29, 0.717) is 18.6 Å². The fourth-order valence-electron chi connectivity index (χ4n) is 1.67. The van der Waals surface area contributed by atoms with E-state index in [2.05, 4.69) is 6.92 Å². The number of rotatable bonds is 2. The van der Waals surface area contributed by atoms with Crippen LogP contribution in [-0.2, 0) is 4.74 Å². The van der Waals surface area contributed by atoms with E-state index in [0.717, 1.165) is 19.3 Å². The molecule has 1 aliphatic heterocycles. The highest BCUT2D eigenvalue weighted by Crippen LogP contribution is 2.23. The van der Waals surface area contributed by atoms with E-state index in [1.54, 1.807) is 0 Å². The van der Waals surface area contributed by atoms with Crippen molar-refractivity contribution in [2.75, 3.05) is 6.54 Å². The average molecular weight is 158 g/mol. The van der Waals surface area contributed by atoms with Crippen molar-refractivity contribution in [2.45, 2.75) is 38.5 Å². The monoisotopic (exact) mass is 158 g/mol. The minimum atomic E-state index is -0.0599. The zero-order chi connectivity index (χ0) is 8.27. The van der Waals surface area contributed by atoms with Crippen LogP contribution in [0.3, 0.4) is 0 Å². The van der Waals surface area contributed by atoms with Crippen molar-refractivity contribution < 1.29 is 4.74 Å². The van der Waals surface area contributed by atoms with Gasteiger partial charge in [0.25, 0.3) is 0 Å². The van der Waals surface area contributed by atoms with Crippen LogP contribution in [0.25, 0.3) is 0 Å². The molecular weight excluding hydrogens is 140 g/mol. The first-order valence-corrected chi connectivity index (χ1v) is 4.33. The van der Waals surface area contributed by atoms with Gasteiger partial charge in [0, 0.05) is 0 Å². The van der Waals surface area contributed by atoms with Gasteiger partial charge in [0.15, 0.2) is 0 Å². The summed E-state index contributed by atoms with van der Waals surface area (Å²) < 4.78 is 5.49. The van der Waals surface area contributed by atoms with Crippen LogP contribution >= 0.6 is 0 Å². The highest BCUT2D eigenvalue weighted by molar-refractivity contribution is 4.72. The smallest absolute Gasteiger partial charge is 0.106 e. The van der Waals surface area contributed by atoms with Gasteiger partial charge in [-0.05, 0) is 31.7 Å². The Hall–Kier alpha value is -0.120. The first-order chi connectivity index (χ1) is 5.22. The fraction of sp³-hybridized carbons (Fsp3) is 1.00. The Bertz CT molecular complexity index is 109. The molecule has 0 aliphatic carbocycles. The average Bonchev–Trinajstić information content (AvgIpc) is 1.85. The van der Waals surface area contributed by atoms with Crippen LogP contribution in [0.1, 0.15) is 26.2 Å². The Morgan fingerprint density at radius 3 is 2.73 bits per heavy atom. The zero-order valence-corrected chi connectivity index (χ0v) is 7.12. The van der Waals surface area contributed by atoms with Crippen molar-refractivity contribution in [3.8, 4) is 0 Å². The summed E-state index contributed by atoms with van der Waals surface area (Å²) in [4.78, 5) is 0. The highest BCUT2D eigenvalue weighted by Gasteiger charge is 2.23. The number of hydrogen-bond acceptors (Lipinski definition) is 3. The lowest BCUT2D eigenvalue weighted by Gasteiger charge is -2.31. The van der Waals surface area contributed by atoms with Gasteiger partial charge in [-0.2, -0.15) is 0 Å². The van der Waals surface area contributed by atoms with Gasteiger partial charge in [0.1, 0.15) is 6.23 Å². The minimum Gasteiger partial charge on any atom is -0.360 e. The normalized spacial score (nSPS) is 39.0. The van der Waals surface area contributed by atoms with Crippen molar-refractivity contribution in [3.63, 3.8) is 0 Å². The largest absolute Gasteiger partial charge is 0.360 e. The van der Waals surface area contributed by atoms with Crippen molar-refractivity contribution in [3.05, 3.63) is 0 Å². The second kappa shape index (κ2) is 4.04. The lowest BCUT2D eigenvalue weighted by Crippen LogP contribution is -2.38. The van der Waals surface area contributed by atoms with Crippen LogP contribution in [0.15, 0.2) is 0 Å². The Morgan fingerprint density at radius 1 is 1.45 bits per heavy atom. The first-order valence-electron chi connectivity index (χ1n) is 4.33. The van der Waals surface area contributed by atoms with Gasteiger partial charge in [-0.3, -0.25) is 0 Å². The number of nitrogens with two attached hydrogens (primary N) is 2. The van der Waals surface area contributed by atoms with Crippen LogP contribution in [0.4, 0.5) is 0 Å². The molecule has 0 saturated carbocycles. The molecule has 0 spiro atoms. The molecule has 0 radical (unpaired) electrons. The van der Waals surface area contributed by atoms with E-state index in [1.165, 1.54) is 0 Å². The molecule has 1 fully saturated rings. The Kier molecular flexibility index (Phi) is 3.30. The first kappa shape index (κ1) is 8.97. The van der Waals surface area contributed by atoms with Crippen LogP contribution in [-0.4, -0.2) is 18.9 Å². The molecule has 1 heterocycles. The topological polar surface area (TPSA) is 61.3 Å². The van der Waals surface area contributed by atoms with Gasteiger partial charge < -0.3 is 16.2 Å². The predicted octanol–water partition coefficient (Wildman–Crippen LogP) is 0.435. The summed E-state index contributed by atoms with van der Waals surface area (Å²) in [5.74, 6) is 0.690. The summed E-state index contributed by atoms with van der Waals surface area (Å²) in [5.41, 5.74) is 11.1. The van der Waals surface area contributed by atoms with Gasteiger partial charge in [-0.1, -0.05) is 6.92 Å². The third-order valence-corrected chi connectivity index (χ3v) is 2.16. The zero-order valence-electron chi connectivity index (χ0n) is 7.12. The molecule has 1 aliphatic rings. The molecule has 3 atom stereocenters. The predicted molar refractivity (Wildman–Crippen MR) is 44.9 cm³/mol. The minimum absolute atomic E-state index is 0.0599. The molecule has 0 aromatic rings. The summed E-state index contributed by atoms with van der Waals surface area (Å²) in [5, 5.41) is 0. The van der Waals surface area contributed by atoms with Gasteiger partial charge in [-0.25, -0.2) is 0 Å². The van der Waals surface area contributed by atoms with E-state index < -0.39 is 0 Å². The lowest BCUT2D eigenvalue weighted by atomic mass is 9.95. The third-order valence-electron chi connectivity index (χ3n) is 2.16. The Balaban J connectivity index is 2.30. The summed E-state index contributed by atoms with van der Waals surface area (Å²) >= 11 is 0. The van der Waals surface area contributed by atoms with Crippen LogP contribution in [0.5, 0.6) is 0 Å². The van der Waals surface area contributed by atoms with Crippen LogP contribution in [0, 0.1) is 5.92 Å². The maximum absolute atomic E-state index is 5.68. The second-order valence-electron chi connectivity index (χ2n) is 3.45. The van der Waals surface area contributed by atoms with E-state index in [1.807, 2.05) is 0 Å². The van der Waals surface area contributed by atoms with E-state index in [9.17, 15) is 0 Å². The highest BCUT2D eigenvalue weighted by atomic mass is 16.5. The Labute approximate surface area is 68.1 Å². The quantitative estimate of drug-likeness (QED) is 0.613. The van der Waals surface area contributed by atoms with Gasteiger partial charge in [0.2, 0.25) is 0 Å². The summed E-state index contributed by atoms with van der Waals surface area (Å²) in [7, 11) is 0. The maximum atomic E-state index is 5.68. The van der Waals surface area contributed by atoms with Gasteiger partial charge >= 0.3 is 0 Å². The molecule has 0 aromatic carbocycles. The molecule has 3 unspecified atom stereocenters. The van der Waals surface area contributed by atoms with Gasteiger partial charge in [0.05, 0.1) is 6.10 Å². The molecule has 0 bridgehead atoms. The van der Waals surface area contributed by atoms with E-state index >= 15 is 0 Å². The molecule has 4 N–H and O–H groups in total. The summed E-state index contributed by atoms with van der Waals surface area (Å²) in [6.07, 6.45) is 3.29. The second-order valence-corrected chi connectivity index (χ2v) is 3.45. The summed E-state index contributed by atoms with van der Waals surface area (Å²) in [6, 6.07) is 0. The molecule has 0 amide bonds. The molecule has 3 nitrogen and oxygen atoms in total. The summed E-state index contributed by atoms with van der Waals surface area (Å²) in [6.45, 7) is 2.91. The van der Waals surface area contributed by atoms with Crippen molar-refractivity contribution in [2.24, 2.45) is 17.4 Å². The standard InChI is InChI=1S/C8H18N2O/c1-6-4-7(2-3-9)11-8(10)5-6/h6-8H,2-5,9-10H2,1H3. The van der Waals surface area contributed by atoms with Crippen LogP contribution in [0.2, 0.25) is 0 Å². The molecular formula is C8H18N2O. The van der Waals surface area contributed by atoms with Gasteiger partial charge in [-0.15, -0.1) is 0 Å². The SMILES string of the molecule is CC1CC(N)OC(CCN)C1. The van der Waals surface area contributed by atoms with E-state index in [4.69, 9.17) is 16.2 Å². The molecule has 1 rings (SSSR count). The van der Waals surface area contributed by atoms with Crippen molar-refractivity contribution in [1.82, 2.24) is 0 Å². The molecule has 1 saturated heterocycles. The maximum Gasteiger partial charge on any atom is 0.106 e. The van der Waals surface area contributed by atoms with Crippen molar-refractivity contribution in [1.29, 1.82) is 0 Å². The lowest BCUT2D eigenvalue weighted by molar-refractivity contribution is -0.0662.